The molecule has 1 aliphatic rings. The van der Waals surface area contributed by atoms with Crippen molar-refractivity contribution < 1.29 is 0 Å². The first kappa shape index (κ1) is 12.0. The van der Waals surface area contributed by atoms with Crippen LogP contribution in [-0.2, 0) is 0 Å². The van der Waals surface area contributed by atoms with Crippen molar-refractivity contribution in [2.75, 3.05) is 6.54 Å². The largest absolute Gasteiger partial charge is 0.330 e. The van der Waals surface area contributed by atoms with Gasteiger partial charge in [-0.05, 0) is 49.5 Å². The number of hydrogen-bond donors (Lipinski definition) is 1. The minimum absolute atomic E-state index is 0.852. The first-order chi connectivity index (χ1) is 6.65. The van der Waals surface area contributed by atoms with E-state index < -0.39 is 0 Å². The van der Waals surface area contributed by atoms with Gasteiger partial charge in [-0.2, -0.15) is 0 Å². The molecule has 0 bridgehead atoms. The third-order valence-corrected chi connectivity index (χ3v) is 3.94. The Morgan fingerprint density at radius 1 is 1.14 bits per heavy atom. The molecule has 1 aliphatic carbocycles. The van der Waals surface area contributed by atoms with Crippen LogP contribution in [0.25, 0.3) is 0 Å². The van der Waals surface area contributed by atoms with Crippen LogP contribution >= 0.6 is 0 Å². The van der Waals surface area contributed by atoms with Gasteiger partial charge in [0.2, 0.25) is 0 Å². The highest BCUT2D eigenvalue weighted by molar-refractivity contribution is 4.83. The third-order valence-electron chi connectivity index (χ3n) is 3.94. The van der Waals surface area contributed by atoms with Crippen LogP contribution in [0.4, 0.5) is 0 Å². The van der Waals surface area contributed by atoms with Gasteiger partial charge >= 0.3 is 0 Å². The van der Waals surface area contributed by atoms with Gasteiger partial charge < -0.3 is 5.73 Å². The summed E-state index contributed by atoms with van der Waals surface area (Å²) in [6.07, 6.45) is 6.96. The summed E-state index contributed by atoms with van der Waals surface area (Å²) < 4.78 is 0. The zero-order valence-corrected chi connectivity index (χ0v) is 10.1. The van der Waals surface area contributed by atoms with Gasteiger partial charge in [-0.1, -0.05) is 33.6 Å². The summed E-state index contributed by atoms with van der Waals surface area (Å²) in [4.78, 5) is 0. The summed E-state index contributed by atoms with van der Waals surface area (Å²) in [6, 6.07) is 0. The lowest BCUT2D eigenvalue weighted by Crippen LogP contribution is -2.32. The lowest BCUT2D eigenvalue weighted by Gasteiger charge is -2.40. The molecular formula is C13H27N. The van der Waals surface area contributed by atoms with Gasteiger partial charge in [0.15, 0.2) is 0 Å². The average Bonchev–Trinajstić information content (AvgIpc) is 2.12. The van der Waals surface area contributed by atoms with Gasteiger partial charge in [0.1, 0.15) is 0 Å². The smallest absolute Gasteiger partial charge is 0.00745 e. The van der Waals surface area contributed by atoms with Crippen molar-refractivity contribution in [3.05, 3.63) is 0 Å². The molecule has 1 heteroatoms. The second-order valence-corrected chi connectivity index (χ2v) is 5.53. The molecule has 1 rings (SSSR count). The van der Waals surface area contributed by atoms with Crippen molar-refractivity contribution in [2.24, 2.45) is 29.4 Å². The molecule has 0 heterocycles. The van der Waals surface area contributed by atoms with Crippen LogP contribution in [0.5, 0.6) is 0 Å². The summed E-state index contributed by atoms with van der Waals surface area (Å²) in [5, 5.41) is 0. The SMILES string of the molecule is CC(C)CCC(CCN)C1CCC1C. The summed E-state index contributed by atoms with van der Waals surface area (Å²) in [5.41, 5.74) is 5.70. The molecule has 2 N–H and O–H groups in total. The zero-order chi connectivity index (χ0) is 10.6. The van der Waals surface area contributed by atoms with Gasteiger partial charge in [0.25, 0.3) is 0 Å². The fourth-order valence-corrected chi connectivity index (χ4v) is 2.73. The van der Waals surface area contributed by atoms with Crippen molar-refractivity contribution in [3.63, 3.8) is 0 Å². The van der Waals surface area contributed by atoms with E-state index in [1.807, 2.05) is 0 Å². The number of hydrogen-bond acceptors (Lipinski definition) is 1. The van der Waals surface area contributed by atoms with Gasteiger partial charge in [-0.25, -0.2) is 0 Å². The molecule has 0 aromatic rings. The molecule has 0 aliphatic heterocycles. The maximum Gasteiger partial charge on any atom is -0.00745 e. The van der Waals surface area contributed by atoms with Crippen LogP contribution in [0.1, 0.15) is 52.9 Å². The maximum absolute atomic E-state index is 5.70. The maximum atomic E-state index is 5.70. The van der Waals surface area contributed by atoms with E-state index in [0.29, 0.717) is 0 Å². The third kappa shape index (κ3) is 3.27. The molecule has 0 aromatic heterocycles. The topological polar surface area (TPSA) is 26.0 Å². The molecule has 1 nitrogen and oxygen atoms in total. The minimum atomic E-state index is 0.852. The van der Waals surface area contributed by atoms with Crippen molar-refractivity contribution in [1.82, 2.24) is 0 Å². The molecule has 0 radical (unpaired) electrons. The van der Waals surface area contributed by atoms with Gasteiger partial charge in [0.05, 0.1) is 0 Å². The first-order valence-corrected chi connectivity index (χ1v) is 6.35. The van der Waals surface area contributed by atoms with Crippen LogP contribution in [0.2, 0.25) is 0 Å². The molecule has 14 heavy (non-hydrogen) atoms. The summed E-state index contributed by atoms with van der Waals surface area (Å²) in [5.74, 6) is 3.74. The minimum Gasteiger partial charge on any atom is -0.330 e. The zero-order valence-electron chi connectivity index (χ0n) is 10.1. The molecular weight excluding hydrogens is 170 g/mol. The van der Waals surface area contributed by atoms with E-state index in [1.54, 1.807) is 0 Å². The summed E-state index contributed by atoms with van der Waals surface area (Å²) >= 11 is 0. The van der Waals surface area contributed by atoms with Crippen LogP contribution < -0.4 is 5.73 Å². The van der Waals surface area contributed by atoms with Gasteiger partial charge in [0, 0.05) is 0 Å². The van der Waals surface area contributed by atoms with Gasteiger partial charge in [-0.3, -0.25) is 0 Å². The molecule has 0 amide bonds. The van der Waals surface area contributed by atoms with Crippen LogP contribution in [0, 0.1) is 23.7 Å². The highest BCUT2D eigenvalue weighted by Gasteiger charge is 2.32. The highest BCUT2D eigenvalue weighted by atomic mass is 14.5. The van der Waals surface area contributed by atoms with E-state index in [4.69, 9.17) is 5.73 Å². The first-order valence-electron chi connectivity index (χ1n) is 6.35. The van der Waals surface area contributed by atoms with E-state index in [1.165, 1.54) is 32.1 Å². The lowest BCUT2D eigenvalue weighted by molar-refractivity contribution is 0.104. The Bertz CT molecular complexity index is 153. The summed E-state index contributed by atoms with van der Waals surface area (Å²) in [6.45, 7) is 7.94. The molecule has 3 atom stereocenters. The Morgan fingerprint density at radius 2 is 1.86 bits per heavy atom. The Morgan fingerprint density at radius 3 is 2.21 bits per heavy atom. The van der Waals surface area contributed by atoms with Crippen molar-refractivity contribution in [3.8, 4) is 0 Å². The molecule has 3 unspecified atom stereocenters. The van der Waals surface area contributed by atoms with E-state index in [2.05, 4.69) is 20.8 Å². The quantitative estimate of drug-likeness (QED) is 0.693. The Labute approximate surface area is 89.5 Å². The molecule has 0 aromatic carbocycles. The van der Waals surface area contributed by atoms with E-state index in [-0.39, 0.29) is 0 Å². The van der Waals surface area contributed by atoms with E-state index in [9.17, 15) is 0 Å². The van der Waals surface area contributed by atoms with Crippen molar-refractivity contribution in [1.29, 1.82) is 0 Å². The fraction of sp³-hybridized carbons (Fsp3) is 1.00. The molecule has 1 fully saturated rings. The van der Waals surface area contributed by atoms with Crippen molar-refractivity contribution >= 4 is 0 Å². The number of nitrogens with two attached hydrogens (primary N) is 1. The lowest BCUT2D eigenvalue weighted by atomic mass is 9.65. The monoisotopic (exact) mass is 197 g/mol. The van der Waals surface area contributed by atoms with Crippen LogP contribution in [-0.4, -0.2) is 6.54 Å². The Balaban J connectivity index is 2.30. The second-order valence-electron chi connectivity index (χ2n) is 5.53. The standard InChI is InChI=1S/C13H27N/c1-10(2)4-6-12(8-9-14)13-7-5-11(13)3/h10-13H,4-9,14H2,1-3H3. The highest BCUT2D eigenvalue weighted by Crippen LogP contribution is 2.42. The van der Waals surface area contributed by atoms with Gasteiger partial charge in [-0.15, -0.1) is 0 Å². The predicted molar refractivity (Wildman–Crippen MR) is 63.1 cm³/mol. The molecule has 1 saturated carbocycles. The predicted octanol–water partition coefficient (Wildman–Crippen LogP) is 3.43. The normalized spacial score (nSPS) is 28.9. The number of rotatable bonds is 6. The molecule has 0 spiro atoms. The Kier molecular flexibility index (Phi) is 4.94. The average molecular weight is 197 g/mol. The van der Waals surface area contributed by atoms with E-state index in [0.717, 1.165) is 30.2 Å². The van der Waals surface area contributed by atoms with Crippen LogP contribution in [0.3, 0.4) is 0 Å². The van der Waals surface area contributed by atoms with Crippen molar-refractivity contribution in [2.45, 2.75) is 52.9 Å². The summed E-state index contributed by atoms with van der Waals surface area (Å²) in [7, 11) is 0. The van der Waals surface area contributed by atoms with E-state index >= 15 is 0 Å². The fourth-order valence-electron chi connectivity index (χ4n) is 2.73. The Hall–Kier alpha value is -0.0400. The molecule has 0 saturated heterocycles. The van der Waals surface area contributed by atoms with Crippen LogP contribution in [0.15, 0.2) is 0 Å². The second kappa shape index (κ2) is 5.75. The molecule has 84 valence electrons.